The van der Waals surface area contributed by atoms with Gasteiger partial charge in [0.2, 0.25) is 0 Å². The van der Waals surface area contributed by atoms with E-state index >= 15 is 0 Å². The number of rotatable bonds is 2. The summed E-state index contributed by atoms with van der Waals surface area (Å²) >= 11 is 0. The molecule has 0 bridgehead atoms. The Bertz CT molecular complexity index is 614. The molecule has 0 amide bonds. The van der Waals surface area contributed by atoms with Gasteiger partial charge in [-0.15, -0.1) is 10.2 Å². The molecule has 100 valence electrons. The zero-order valence-electron chi connectivity index (χ0n) is 11.0. The maximum atomic E-state index is 11.7. The zero-order valence-corrected chi connectivity index (χ0v) is 11.0. The van der Waals surface area contributed by atoms with E-state index in [0.29, 0.717) is 6.54 Å². The first kappa shape index (κ1) is 12.0. The second-order valence-electron chi connectivity index (χ2n) is 4.81. The number of nitrogens with zero attached hydrogens (tertiary/aromatic N) is 4. The SMILES string of the molecule is COC(=O)C1CCc2nnc(-c3cccn3C)n2C1. The van der Waals surface area contributed by atoms with Gasteiger partial charge in [0, 0.05) is 26.2 Å². The van der Waals surface area contributed by atoms with Crippen LogP contribution < -0.4 is 0 Å². The molecule has 2 aromatic rings. The van der Waals surface area contributed by atoms with Crippen molar-refractivity contribution in [2.75, 3.05) is 7.11 Å². The van der Waals surface area contributed by atoms with Gasteiger partial charge in [0.25, 0.3) is 0 Å². The number of methoxy groups -OCH3 is 1. The van der Waals surface area contributed by atoms with Gasteiger partial charge in [0.15, 0.2) is 5.82 Å². The summed E-state index contributed by atoms with van der Waals surface area (Å²) in [5.41, 5.74) is 1.00. The van der Waals surface area contributed by atoms with E-state index in [1.165, 1.54) is 7.11 Å². The van der Waals surface area contributed by atoms with Crippen LogP contribution in [0.3, 0.4) is 0 Å². The summed E-state index contributed by atoms with van der Waals surface area (Å²) in [4.78, 5) is 11.7. The average Bonchev–Trinajstić information content (AvgIpc) is 3.02. The fraction of sp³-hybridized carbons (Fsp3) is 0.462. The Hall–Kier alpha value is -2.11. The Labute approximate surface area is 111 Å². The largest absolute Gasteiger partial charge is 0.469 e. The molecule has 0 saturated carbocycles. The first-order chi connectivity index (χ1) is 9.20. The van der Waals surface area contributed by atoms with Gasteiger partial charge in [0.1, 0.15) is 5.82 Å². The number of hydrogen-bond donors (Lipinski definition) is 0. The lowest BCUT2D eigenvalue weighted by atomic mass is 9.99. The molecule has 19 heavy (non-hydrogen) atoms. The molecule has 3 rings (SSSR count). The number of esters is 1. The Morgan fingerprint density at radius 3 is 3.00 bits per heavy atom. The molecule has 1 unspecified atom stereocenters. The lowest BCUT2D eigenvalue weighted by Gasteiger charge is -2.22. The molecule has 0 fully saturated rings. The number of carbonyl (C=O) groups is 1. The zero-order chi connectivity index (χ0) is 13.4. The van der Waals surface area contributed by atoms with Crippen LogP contribution in [0.4, 0.5) is 0 Å². The number of carbonyl (C=O) groups excluding carboxylic acids is 1. The lowest BCUT2D eigenvalue weighted by molar-refractivity contribution is -0.146. The molecule has 6 heteroatoms. The minimum Gasteiger partial charge on any atom is -0.469 e. The molecule has 1 aliphatic rings. The molecule has 0 radical (unpaired) electrons. The number of aromatic nitrogens is 4. The van der Waals surface area contributed by atoms with Gasteiger partial charge in [0.05, 0.1) is 18.7 Å². The molecule has 1 atom stereocenters. The van der Waals surface area contributed by atoms with E-state index in [0.717, 1.165) is 30.2 Å². The smallest absolute Gasteiger partial charge is 0.310 e. The second-order valence-corrected chi connectivity index (χ2v) is 4.81. The van der Waals surface area contributed by atoms with Crippen molar-refractivity contribution in [1.82, 2.24) is 19.3 Å². The number of aryl methyl sites for hydroxylation is 2. The van der Waals surface area contributed by atoms with Crippen molar-refractivity contribution in [3.8, 4) is 11.5 Å². The van der Waals surface area contributed by atoms with Crippen LogP contribution in [0, 0.1) is 5.92 Å². The molecule has 0 saturated heterocycles. The summed E-state index contributed by atoms with van der Waals surface area (Å²) in [5, 5.41) is 8.48. The lowest BCUT2D eigenvalue weighted by Crippen LogP contribution is -2.28. The second kappa shape index (κ2) is 4.53. The van der Waals surface area contributed by atoms with E-state index < -0.39 is 0 Å². The van der Waals surface area contributed by atoms with Crippen LogP contribution >= 0.6 is 0 Å². The van der Waals surface area contributed by atoms with Crippen molar-refractivity contribution in [3.05, 3.63) is 24.2 Å². The van der Waals surface area contributed by atoms with E-state index in [2.05, 4.69) is 10.2 Å². The maximum Gasteiger partial charge on any atom is 0.310 e. The number of fused-ring (bicyclic) bond motifs is 1. The van der Waals surface area contributed by atoms with Gasteiger partial charge in [-0.25, -0.2) is 0 Å². The summed E-state index contributed by atoms with van der Waals surface area (Å²) in [6.45, 7) is 0.593. The molecule has 0 N–H and O–H groups in total. The molecule has 0 aliphatic carbocycles. The van der Waals surface area contributed by atoms with E-state index in [1.54, 1.807) is 0 Å². The third-order valence-corrected chi connectivity index (χ3v) is 3.65. The quantitative estimate of drug-likeness (QED) is 0.756. The monoisotopic (exact) mass is 260 g/mol. The van der Waals surface area contributed by atoms with Gasteiger partial charge >= 0.3 is 5.97 Å². The number of hydrogen-bond acceptors (Lipinski definition) is 4. The van der Waals surface area contributed by atoms with E-state index in [9.17, 15) is 4.79 Å². The van der Waals surface area contributed by atoms with Crippen molar-refractivity contribution in [2.24, 2.45) is 13.0 Å². The van der Waals surface area contributed by atoms with Crippen LogP contribution in [0.2, 0.25) is 0 Å². The fourth-order valence-corrected chi connectivity index (χ4v) is 2.57. The Kier molecular flexibility index (Phi) is 2.85. The Balaban J connectivity index is 1.97. The van der Waals surface area contributed by atoms with Crippen LogP contribution in [0.15, 0.2) is 18.3 Å². The first-order valence-corrected chi connectivity index (χ1v) is 6.32. The molecule has 3 heterocycles. The Morgan fingerprint density at radius 2 is 2.32 bits per heavy atom. The number of ether oxygens (including phenoxy) is 1. The van der Waals surface area contributed by atoms with Crippen molar-refractivity contribution >= 4 is 5.97 Å². The fourth-order valence-electron chi connectivity index (χ4n) is 2.57. The minimum absolute atomic E-state index is 0.104. The van der Waals surface area contributed by atoms with E-state index in [1.807, 2.05) is 34.5 Å². The van der Waals surface area contributed by atoms with Crippen LogP contribution in [0.25, 0.3) is 11.5 Å². The molecule has 1 aliphatic heterocycles. The molecular weight excluding hydrogens is 244 g/mol. The predicted molar refractivity (Wildman–Crippen MR) is 68.3 cm³/mol. The Morgan fingerprint density at radius 1 is 1.47 bits per heavy atom. The summed E-state index contributed by atoms with van der Waals surface area (Å²) in [6.07, 6.45) is 3.51. The van der Waals surface area contributed by atoms with E-state index in [4.69, 9.17) is 4.74 Å². The van der Waals surface area contributed by atoms with Crippen molar-refractivity contribution in [1.29, 1.82) is 0 Å². The highest BCUT2D eigenvalue weighted by Gasteiger charge is 2.29. The predicted octanol–water partition coefficient (Wildman–Crippen LogP) is 1.02. The molecule has 6 nitrogen and oxygen atoms in total. The highest BCUT2D eigenvalue weighted by Crippen LogP contribution is 2.26. The third kappa shape index (κ3) is 1.93. The van der Waals surface area contributed by atoms with Crippen LogP contribution in [-0.2, 0) is 29.5 Å². The minimum atomic E-state index is -0.155. The van der Waals surface area contributed by atoms with Gasteiger partial charge in [-0.2, -0.15) is 0 Å². The summed E-state index contributed by atoms with van der Waals surface area (Å²) in [7, 11) is 3.40. The van der Waals surface area contributed by atoms with Gasteiger partial charge < -0.3 is 13.9 Å². The van der Waals surface area contributed by atoms with Crippen LogP contribution in [0.1, 0.15) is 12.2 Å². The normalized spacial score (nSPS) is 18.1. The van der Waals surface area contributed by atoms with E-state index in [-0.39, 0.29) is 11.9 Å². The van der Waals surface area contributed by atoms with Gasteiger partial charge in [-0.05, 0) is 18.6 Å². The third-order valence-electron chi connectivity index (χ3n) is 3.65. The summed E-state index contributed by atoms with van der Waals surface area (Å²) in [5.74, 6) is 1.50. The molecular formula is C13H16N4O2. The van der Waals surface area contributed by atoms with Crippen LogP contribution in [-0.4, -0.2) is 32.4 Å². The standard InChI is InChI=1S/C13H16N4O2/c1-16-7-3-4-10(16)12-15-14-11-6-5-9(8-17(11)12)13(18)19-2/h3-4,7,9H,5-6,8H2,1-2H3. The van der Waals surface area contributed by atoms with Crippen molar-refractivity contribution < 1.29 is 9.53 Å². The van der Waals surface area contributed by atoms with Gasteiger partial charge in [-0.1, -0.05) is 0 Å². The molecule has 2 aromatic heterocycles. The van der Waals surface area contributed by atoms with Crippen molar-refractivity contribution in [2.45, 2.75) is 19.4 Å². The van der Waals surface area contributed by atoms with Crippen molar-refractivity contribution in [3.63, 3.8) is 0 Å². The summed E-state index contributed by atoms with van der Waals surface area (Å²) in [6, 6.07) is 3.97. The molecule has 0 spiro atoms. The maximum absolute atomic E-state index is 11.7. The average molecular weight is 260 g/mol. The highest BCUT2D eigenvalue weighted by molar-refractivity contribution is 5.72. The molecule has 0 aromatic carbocycles. The van der Waals surface area contributed by atoms with Gasteiger partial charge in [-0.3, -0.25) is 4.79 Å². The summed E-state index contributed by atoms with van der Waals surface area (Å²) < 4.78 is 8.86. The first-order valence-electron chi connectivity index (χ1n) is 6.32. The topological polar surface area (TPSA) is 61.9 Å². The van der Waals surface area contributed by atoms with Crippen LogP contribution in [0.5, 0.6) is 0 Å². The highest BCUT2D eigenvalue weighted by atomic mass is 16.5.